The lowest BCUT2D eigenvalue weighted by atomic mass is 9.97. The van der Waals surface area contributed by atoms with Gasteiger partial charge in [-0.2, -0.15) is 0 Å². The minimum absolute atomic E-state index is 0.00848. The van der Waals surface area contributed by atoms with E-state index in [1.165, 1.54) is 59.0 Å². The molecule has 1 aliphatic rings. The molecule has 3 heterocycles. The van der Waals surface area contributed by atoms with Crippen molar-refractivity contribution in [1.82, 2.24) is 14.5 Å². The van der Waals surface area contributed by atoms with Crippen LogP contribution < -0.4 is 15.6 Å². The number of amides is 1. The Morgan fingerprint density at radius 3 is 2.68 bits per heavy atom. The lowest BCUT2D eigenvalue weighted by Crippen LogP contribution is -2.23. The van der Waals surface area contributed by atoms with E-state index in [2.05, 4.69) is 10.3 Å². The predicted molar refractivity (Wildman–Crippen MR) is 190 cm³/mol. The smallest absolute Gasteiger partial charge is 0.270 e. The first-order valence-electron chi connectivity index (χ1n) is 14.8. The summed E-state index contributed by atoms with van der Waals surface area (Å²) in [5.74, 6) is 0.888. The maximum atomic E-state index is 13.9. The van der Waals surface area contributed by atoms with E-state index in [4.69, 9.17) is 9.72 Å². The van der Waals surface area contributed by atoms with Gasteiger partial charge < -0.3 is 10.1 Å². The fraction of sp³-hybridized carbons (Fsp3) is 0.212. The lowest BCUT2D eigenvalue weighted by Gasteiger charge is -2.13. The van der Waals surface area contributed by atoms with Crippen molar-refractivity contribution >= 4 is 83.9 Å². The van der Waals surface area contributed by atoms with E-state index in [1.54, 1.807) is 22.0 Å². The summed E-state index contributed by atoms with van der Waals surface area (Å²) in [6.07, 6.45) is 4.07. The molecule has 0 atom stereocenters. The number of nitrogens with zero attached hydrogens (tertiary/aromatic N) is 4. The number of anilines is 1. The number of ether oxygens (including phenoxy) is 1. The first kappa shape index (κ1) is 31.4. The molecule has 3 aromatic carbocycles. The number of fused-ring (bicyclic) bond motifs is 4. The molecule has 0 bridgehead atoms. The predicted octanol–water partition coefficient (Wildman–Crippen LogP) is 7.88. The van der Waals surface area contributed by atoms with Crippen LogP contribution in [0.15, 0.2) is 81.0 Å². The molecular formula is C33H27N5O5S4. The van der Waals surface area contributed by atoms with E-state index in [9.17, 15) is 19.7 Å². The number of non-ortho nitro benzene ring substituents is 1. The summed E-state index contributed by atoms with van der Waals surface area (Å²) in [5, 5.41) is 15.4. The van der Waals surface area contributed by atoms with Gasteiger partial charge in [0.2, 0.25) is 5.91 Å². The van der Waals surface area contributed by atoms with Crippen molar-refractivity contribution in [1.29, 1.82) is 0 Å². The zero-order valence-electron chi connectivity index (χ0n) is 25.1. The normalized spacial score (nSPS) is 12.7. The summed E-state index contributed by atoms with van der Waals surface area (Å²) in [5.41, 5.74) is 3.92. The molecule has 10 nitrogen and oxygen atoms in total. The number of nitro groups is 1. The standard InChI is InChI=1S/C33H27N5O5S4/c1-43-25-14-12-22(38(41)42)15-19(25)17-45-33-35-24-13-11-20(16-27(24)47-33)34-28(39)18-44-32-36-30-29(23-9-5-6-10-26(23)46-30)31(40)37(32)21-7-3-2-4-8-21/h2-4,7-8,11-16H,5-6,9-10,17-18H2,1H3,(H,34,39). The number of thiazole rings is 1. The Hall–Kier alpha value is -4.24. The monoisotopic (exact) mass is 701 g/mol. The molecule has 0 aliphatic heterocycles. The second kappa shape index (κ2) is 13.5. The molecular weight excluding hydrogens is 675 g/mol. The van der Waals surface area contributed by atoms with Gasteiger partial charge in [-0.15, -0.1) is 22.7 Å². The fourth-order valence-corrected chi connectivity index (χ4v) is 9.79. The number of para-hydroxylation sites is 1. The summed E-state index contributed by atoms with van der Waals surface area (Å²) in [6.45, 7) is 0. The minimum atomic E-state index is -0.424. The molecule has 7 rings (SSSR count). The number of carbonyl (C=O) groups excluding carboxylic acids is 1. The van der Waals surface area contributed by atoms with Crippen molar-refractivity contribution < 1.29 is 14.5 Å². The molecule has 47 heavy (non-hydrogen) atoms. The number of rotatable bonds is 10. The van der Waals surface area contributed by atoms with E-state index in [-0.39, 0.29) is 22.9 Å². The highest BCUT2D eigenvalue weighted by Gasteiger charge is 2.23. The Morgan fingerprint density at radius 2 is 1.87 bits per heavy atom. The number of aromatic nitrogens is 3. The van der Waals surface area contributed by atoms with E-state index in [1.807, 2.05) is 48.5 Å². The van der Waals surface area contributed by atoms with Gasteiger partial charge in [0.1, 0.15) is 10.6 Å². The van der Waals surface area contributed by atoms with Crippen LogP contribution in [0.25, 0.3) is 26.1 Å². The van der Waals surface area contributed by atoms with E-state index >= 15 is 0 Å². The Labute approximate surface area is 285 Å². The third-order valence-corrected chi connectivity index (χ3v) is 12.1. The quantitative estimate of drug-likeness (QED) is 0.0656. The summed E-state index contributed by atoms with van der Waals surface area (Å²) in [4.78, 5) is 49.5. The molecule has 0 spiro atoms. The Morgan fingerprint density at radius 1 is 1.04 bits per heavy atom. The average molecular weight is 702 g/mol. The van der Waals surface area contributed by atoms with Crippen LogP contribution in [0.5, 0.6) is 5.75 Å². The SMILES string of the molecule is COc1ccc([N+](=O)[O-])cc1CSc1nc2ccc(NC(=O)CSc3nc4sc5c(c4c(=O)n3-c3ccccc3)CCCC5)cc2s1. The number of hydrogen-bond acceptors (Lipinski definition) is 11. The zero-order chi connectivity index (χ0) is 32.5. The first-order chi connectivity index (χ1) is 22.9. The number of nitro benzene ring substituents is 1. The fourth-order valence-electron chi connectivity index (χ4n) is 5.59. The van der Waals surface area contributed by atoms with Crippen LogP contribution in [0.3, 0.4) is 0 Å². The Balaban J connectivity index is 1.07. The number of hydrogen-bond donors (Lipinski definition) is 1. The van der Waals surface area contributed by atoms with Crippen LogP contribution in [0.1, 0.15) is 28.8 Å². The molecule has 3 aromatic heterocycles. The Kier molecular flexibility index (Phi) is 8.99. The Bertz CT molecular complexity index is 2210. The van der Waals surface area contributed by atoms with Crippen molar-refractivity contribution in [3.05, 3.63) is 103 Å². The molecule has 0 saturated heterocycles. The van der Waals surface area contributed by atoms with Crippen LogP contribution in [0.4, 0.5) is 11.4 Å². The maximum absolute atomic E-state index is 13.9. The van der Waals surface area contributed by atoms with Crippen molar-refractivity contribution in [3.8, 4) is 11.4 Å². The van der Waals surface area contributed by atoms with Crippen molar-refractivity contribution in [2.75, 3.05) is 18.2 Å². The van der Waals surface area contributed by atoms with E-state index in [0.717, 1.165) is 56.3 Å². The number of nitrogens with one attached hydrogen (secondary N) is 1. The topological polar surface area (TPSA) is 129 Å². The van der Waals surface area contributed by atoms with Gasteiger partial charge in [0, 0.05) is 34.0 Å². The van der Waals surface area contributed by atoms with Gasteiger partial charge in [-0.05, 0) is 67.6 Å². The largest absolute Gasteiger partial charge is 0.496 e. The van der Waals surface area contributed by atoms with Crippen molar-refractivity contribution in [3.63, 3.8) is 0 Å². The lowest BCUT2D eigenvalue weighted by molar-refractivity contribution is -0.384. The molecule has 0 saturated carbocycles. The molecule has 238 valence electrons. The van der Waals surface area contributed by atoms with Crippen LogP contribution in [-0.4, -0.2) is 38.2 Å². The van der Waals surface area contributed by atoms with Gasteiger partial charge in [0.25, 0.3) is 11.2 Å². The van der Waals surface area contributed by atoms with Gasteiger partial charge in [-0.25, -0.2) is 9.97 Å². The number of aryl methyl sites for hydroxylation is 2. The highest BCUT2D eigenvalue weighted by molar-refractivity contribution is 8.00. The van der Waals surface area contributed by atoms with Gasteiger partial charge in [-0.1, -0.05) is 41.7 Å². The molecule has 0 radical (unpaired) electrons. The highest BCUT2D eigenvalue weighted by atomic mass is 32.2. The number of thiophene rings is 1. The summed E-state index contributed by atoms with van der Waals surface area (Å²) >= 11 is 5.79. The van der Waals surface area contributed by atoms with Crippen LogP contribution in [0.2, 0.25) is 0 Å². The number of methoxy groups -OCH3 is 1. The van der Waals surface area contributed by atoms with Crippen molar-refractivity contribution in [2.24, 2.45) is 0 Å². The van der Waals surface area contributed by atoms with Crippen LogP contribution in [-0.2, 0) is 23.4 Å². The number of benzene rings is 3. The summed E-state index contributed by atoms with van der Waals surface area (Å²) in [7, 11) is 1.54. The molecule has 0 fully saturated rings. The third kappa shape index (κ3) is 6.50. The molecule has 14 heteroatoms. The third-order valence-electron chi connectivity index (χ3n) is 7.78. The van der Waals surface area contributed by atoms with E-state index < -0.39 is 4.92 Å². The minimum Gasteiger partial charge on any atom is -0.496 e. The molecule has 0 unspecified atom stereocenters. The molecule has 6 aromatic rings. The van der Waals surface area contributed by atoms with Crippen LogP contribution >= 0.6 is 46.2 Å². The van der Waals surface area contributed by atoms with Gasteiger partial charge >= 0.3 is 0 Å². The zero-order valence-corrected chi connectivity index (χ0v) is 28.3. The van der Waals surface area contributed by atoms with Crippen LogP contribution in [0, 0.1) is 10.1 Å². The second-order valence-electron chi connectivity index (χ2n) is 10.8. The van der Waals surface area contributed by atoms with Gasteiger partial charge in [-0.3, -0.25) is 24.3 Å². The number of carbonyl (C=O) groups is 1. The highest BCUT2D eigenvalue weighted by Crippen LogP contribution is 2.37. The summed E-state index contributed by atoms with van der Waals surface area (Å²) in [6, 6.07) is 19.5. The molecule has 1 N–H and O–H groups in total. The maximum Gasteiger partial charge on any atom is 0.270 e. The average Bonchev–Trinajstić information content (AvgIpc) is 3.67. The molecule has 1 aliphatic carbocycles. The summed E-state index contributed by atoms with van der Waals surface area (Å²) < 4.78 is 8.71. The number of thioether (sulfide) groups is 2. The van der Waals surface area contributed by atoms with Crippen molar-refractivity contribution in [2.45, 2.75) is 40.9 Å². The van der Waals surface area contributed by atoms with E-state index in [0.29, 0.717) is 33.3 Å². The molecule has 1 amide bonds. The first-order valence-corrected chi connectivity index (χ1v) is 18.4. The van der Waals surface area contributed by atoms with Gasteiger partial charge in [0.15, 0.2) is 9.50 Å². The van der Waals surface area contributed by atoms with Gasteiger partial charge in [0.05, 0.1) is 39.1 Å². The second-order valence-corrected chi connectivity index (χ2v) is 15.1.